The van der Waals surface area contributed by atoms with E-state index in [4.69, 9.17) is 0 Å². The van der Waals surface area contributed by atoms with Gasteiger partial charge in [0.05, 0.1) is 0 Å². The predicted octanol–water partition coefficient (Wildman–Crippen LogP) is 2.45. The molecule has 68 valence electrons. The van der Waals surface area contributed by atoms with Crippen molar-refractivity contribution < 1.29 is 17.4 Å². The lowest BCUT2D eigenvalue weighted by Crippen LogP contribution is -2.18. The zero-order valence-corrected chi connectivity index (χ0v) is 7.10. The molecule has 0 aliphatic carbocycles. The van der Waals surface area contributed by atoms with Crippen molar-refractivity contribution >= 4 is 10.8 Å². The van der Waals surface area contributed by atoms with Gasteiger partial charge in [-0.2, -0.15) is 13.2 Å². The summed E-state index contributed by atoms with van der Waals surface area (Å²) in [5.74, 6) is -0.253. The van der Waals surface area contributed by atoms with Crippen LogP contribution >= 0.6 is 0 Å². The molecule has 0 aliphatic heterocycles. The minimum Gasteiger partial charge on any atom is -0.251 e. The first kappa shape index (κ1) is 10.9. The van der Waals surface area contributed by atoms with Gasteiger partial charge in [0, 0.05) is 5.75 Å². The van der Waals surface area contributed by atoms with E-state index in [0.717, 1.165) is 6.42 Å². The molecule has 0 amide bonds. The Morgan fingerprint density at radius 3 is 2.18 bits per heavy atom. The average molecular weight is 188 g/mol. The smallest absolute Gasteiger partial charge is 0.251 e. The summed E-state index contributed by atoms with van der Waals surface area (Å²) in [6.07, 6.45) is 1.94. The Kier molecular flexibility index (Phi) is 4.72. The van der Waals surface area contributed by atoms with Crippen LogP contribution in [0.25, 0.3) is 0 Å². The van der Waals surface area contributed by atoms with Crippen molar-refractivity contribution in [2.75, 3.05) is 5.75 Å². The highest BCUT2D eigenvalue weighted by Crippen LogP contribution is 2.20. The first-order valence-electron chi connectivity index (χ1n) is 3.43. The zero-order chi connectivity index (χ0) is 8.91. The van der Waals surface area contributed by atoms with Gasteiger partial charge in [0.25, 0.3) is 0 Å². The topological polar surface area (TPSA) is 17.1 Å². The number of rotatable bonds is 4. The molecule has 0 aromatic carbocycles. The van der Waals surface area contributed by atoms with E-state index < -0.39 is 16.3 Å². The van der Waals surface area contributed by atoms with Crippen LogP contribution in [0.2, 0.25) is 0 Å². The van der Waals surface area contributed by atoms with E-state index in [2.05, 4.69) is 0 Å². The summed E-state index contributed by atoms with van der Waals surface area (Å²) in [5.41, 5.74) is -4.52. The van der Waals surface area contributed by atoms with Crippen LogP contribution in [-0.2, 0) is 10.8 Å². The molecule has 1 nitrogen and oxygen atoms in total. The normalized spacial score (nSPS) is 14.9. The van der Waals surface area contributed by atoms with Gasteiger partial charge >= 0.3 is 5.51 Å². The Hall–Kier alpha value is -0.0600. The molecule has 0 rings (SSSR count). The summed E-state index contributed by atoms with van der Waals surface area (Å²) in [4.78, 5) is 0. The fourth-order valence-electron chi connectivity index (χ4n) is 0.599. The summed E-state index contributed by atoms with van der Waals surface area (Å²) in [6, 6.07) is 0. The molecule has 5 heteroatoms. The zero-order valence-electron chi connectivity index (χ0n) is 6.28. The molecule has 0 radical (unpaired) electrons. The molecule has 0 saturated carbocycles. The number of alkyl halides is 3. The lowest BCUT2D eigenvalue weighted by molar-refractivity contribution is -0.0384. The van der Waals surface area contributed by atoms with Crippen molar-refractivity contribution in [2.24, 2.45) is 0 Å². The van der Waals surface area contributed by atoms with E-state index in [1.807, 2.05) is 6.92 Å². The van der Waals surface area contributed by atoms with E-state index in [9.17, 15) is 17.4 Å². The maximum atomic E-state index is 11.6. The van der Waals surface area contributed by atoms with Gasteiger partial charge in [-0.1, -0.05) is 19.8 Å². The SMILES string of the molecule is CCCCCS(=O)C(F)(F)F. The lowest BCUT2D eigenvalue weighted by atomic mass is 10.3. The number of halogens is 3. The Bertz CT molecular complexity index is 132. The van der Waals surface area contributed by atoms with Crippen LogP contribution in [0.4, 0.5) is 13.2 Å². The Labute approximate surface area is 66.4 Å². The van der Waals surface area contributed by atoms with Gasteiger partial charge in [-0.3, -0.25) is 4.21 Å². The van der Waals surface area contributed by atoms with Crippen molar-refractivity contribution in [1.29, 1.82) is 0 Å². The number of unbranched alkanes of at least 4 members (excludes halogenated alkanes) is 2. The maximum Gasteiger partial charge on any atom is 0.471 e. The van der Waals surface area contributed by atoms with Crippen LogP contribution in [-0.4, -0.2) is 15.5 Å². The molecule has 11 heavy (non-hydrogen) atoms. The van der Waals surface area contributed by atoms with Crippen LogP contribution in [0.15, 0.2) is 0 Å². The molecule has 0 saturated heterocycles. The largest absolute Gasteiger partial charge is 0.471 e. The van der Waals surface area contributed by atoms with Crippen molar-refractivity contribution in [2.45, 2.75) is 31.7 Å². The first-order chi connectivity index (χ1) is 4.98. The highest BCUT2D eigenvalue weighted by Gasteiger charge is 2.35. The lowest BCUT2D eigenvalue weighted by Gasteiger charge is -2.04. The van der Waals surface area contributed by atoms with Gasteiger partial charge in [-0.15, -0.1) is 0 Å². The fourth-order valence-corrected chi connectivity index (χ4v) is 1.30. The molecule has 1 unspecified atom stereocenters. The third-order valence-electron chi connectivity index (χ3n) is 1.19. The van der Waals surface area contributed by atoms with Gasteiger partial charge in [-0.05, 0) is 6.42 Å². The van der Waals surface area contributed by atoms with E-state index in [1.54, 1.807) is 0 Å². The van der Waals surface area contributed by atoms with Crippen LogP contribution in [0.3, 0.4) is 0 Å². The molecular formula is C6H11F3OS. The van der Waals surface area contributed by atoms with Gasteiger partial charge in [0.2, 0.25) is 0 Å². The molecule has 0 aromatic rings. The predicted molar refractivity (Wildman–Crippen MR) is 38.6 cm³/mol. The highest BCUT2D eigenvalue weighted by atomic mass is 32.2. The Morgan fingerprint density at radius 1 is 1.27 bits per heavy atom. The summed E-state index contributed by atoms with van der Waals surface area (Å²) >= 11 is 0. The van der Waals surface area contributed by atoms with Crippen LogP contribution in [0.5, 0.6) is 0 Å². The average Bonchev–Trinajstić information content (AvgIpc) is 1.86. The molecular weight excluding hydrogens is 177 g/mol. The highest BCUT2D eigenvalue weighted by molar-refractivity contribution is 7.85. The molecule has 0 spiro atoms. The number of hydrogen-bond donors (Lipinski definition) is 0. The van der Waals surface area contributed by atoms with E-state index in [-0.39, 0.29) is 5.75 Å². The van der Waals surface area contributed by atoms with Crippen molar-refractivity contribution in [3.63, 3.8) is 0 Å². The van der Waals surface area contributed by atoms with E-state index in [1.165, 1.54) is 0 Å². The first-order valence-corrected chi connectivity index (χ1v) is 4.75. The van der Waals surface area contributed by atoms with E-state index in [0.29, 0.717) is 12.8 Å². The monoisotopic (exact) mass is 188 g/mol. The molecule has 0 bridgehead atoms. The minimum absolute atomic E-state index is 0.253. The Balaban J connectivity index is 3.54. The molecule has 1 atom stereocenters. The maximum absolute atomic E-state index is 11.6. The van der Waals surface area contributed by atoms with E-state index >= 15 is 0 Å². The number of hydrogen-bond acceptors (Lipinski definition) is 1. The summed E-state index contributed by atoms with van der Waals surface area (Å²) < 4.78 is 45.1. The second-order valence-electron chi connectivity index (χ2n) is 2.20. The molecule has 0 N–H and O–H groups in total. The second kappa shape index (κ2) is 4.74. The van der Waals surface area contributed by atoms with Gasteiger partial charge in [0.15, 0.2) is 0 Å². The standard InChI is InChI=1S/C6H11F3OS/c1-2-3-4-5-11(10)6(7,8)9/h2-5H2,1H3. The van der Waals surface area contributed by atoms with Crippen LogP contribution in [0, 0.1) is 0 Å². The molecule has 0 aromatic heterocycles. The van der Waals surface area contributed by atoms with Gasteiger partial charge < -0.3 is 0 Å². The summed E-state index contributed by atoms with van der Waals surface area (Å²) in [6.45, 7) is 1.89. The summed E-state index contributed by atoms with van der Waals surface area (Å²) in [7, 11) is -2.64. The third-order valence-corrected chi connectivity index (χ3v) is 2.37. The molecule has 0 aliphatic rings. The fraction of sp³-hybridized carbons (Fsp3) is 1.00. The minimum atomic E-state index is -4.52. The third kappa shape index (κ3) is 5.24. The van der Waals surface area contributed by atoms with Crippen LogP contribution in [0.1, 0.15) is 26.2 Å². The second-order valence-corrected chi connectivity index (χ2v) is 3.76. The van der Waals surface area contributed by atoms with Crippen molar-refractivity contribution in [1.82, 2.24) is 0 Å². The van der Waals surface area contributed by atoms with Gasteiger partial charge in [0.1, 0.15) is 10.8 Å². The summed E-state index contributed by atoms with van der Waals surface area (Å²) in [5, 5.41) is 0. The van der Waals surface area contributed by atoms with Crippen molar-refractivity contribution in [3.05, 3.63) is 0 Å². The van der Waals surface area contributed by atoms with Gasteiger partial charge in [-0.25, -0.2) is 0 Å². The molecule has 0 fully saturated rings. The quantitative estimate of drug-likeness (QED) is 0.619. The molecule has 0 heterocycles. The van der Waals surface area contributed by atoms with Crippen molar-refractivity contribution in [3.8, 4) is 0 Å². The van der Waals surface area contributed by atoms with Crippen LogP contribution < -0.4 is 0 Å². The Morgan fingerprint density at radius 2 is 1.82 bits per heavy atom.